The third-order valence-electron chi connectivity index (χ3n) is 0.575. The Morgan fingerprint density at radius 3 is 2.57 bits per heavy atom. The van der Waals surface area contributed by atoms with Gasteiger partial charge in [-0.3, -0.25) is 0 Å². The topological polar surface area (TPSA) is 0 Å². The molecule has 0 saturated heterocycles. The summed E-state index contributed by atoms with van der Waals surface area (Å²) in [5.74, 6) is 3.83. The first kappa shape index (κ1) is 7.20. The van der Waals surface area contributed by atoms with E-state index in [2.05, 4.69) is 23.9 Å². The lowest BCUT2D eigenvalue weighted by atomic mass is 10.2. The Morgan fingerprint density at radius 2 is 2.43 bits per heavy atom. The van der Waals surface area contributed by atoms with Crippen LogP contribution in [0.5, 0.6) is 0 Å². The highest BCUT2D eigenvalue weighted by atomic mass is 35.5. The van der Waals surface area contributed by atoms with E-state index < -0.39 is 0 Å². The van der Waals surface area contributed by atoms with Crippen LogP contribution in [-0.2, 0) is 0 Å². The van der Waals surface area contributed by atoms with E-state index >= 15 is 0 Å². The van der Waals surface area contributed by atoms with E-state index in [4.69, 9.17) is 11.6 Å². The SMILES string of the molecule is CC(C#CCl)CS. The third kappa shape index (κ3) is 4.04. The Hall–Kier alpha value is 0.200. The van der Waals surface area contributed by atoms with Crippen LogP contribution in [0.4, 0.5) is 0 Å². The lowest BCUT2D eigenvalue weighted by Crippen LogP contribution is -1.88. The third-order valence-corrected chi connectivity index (χ3v) is 1.23. The molecule has 0 radical (unpaired) electrons. The molecule has 0 rings (SSSR count). The normalized spacial score (nSPS) is 11.9. The summed E-state index contributed by atoms with van der Waals surface area (Å²) in [5.41, 5.74) is 0. The van der Waals surface area contributed by atoms with Gasteiger partial charge in [-0.1, -0.05) is 12.8 Å². The summed E-state index contributed by atoms with van der Waals surface area (Å²) in [5, 5.41) is 2.29. The summed E-state index contributed by atoms with van der Waals surface area (Å²) in [7, 11) is 0. The zero-order valence-corrected chi connectivity index (χ0v) is 5.76. The van der Waals surface area contributed by atoms with E-state index in [0.717, 1.165) is 5.75 Å². The molecule has 0 aromatic carbocycles. The van der Waals surface area contributed by atoms with Gasteiger partial charge in [0.1, 0.15) is 0 Å². The van der Waals surface area contributed by atoms with Crippen LogP contribution in [0.15, 0.2) is 0 Å². The fourth-order valence-electron chi connectivity index (χ4n) is 0.139. The molecule has 40 valence electrons. The Bertz CT molecular complexity index is 90.0. The van der Waals surface area contributed by atoms with Crippen molar-refractivity contribution in [3.05, 3.63) is 0 Å². The lowest BCUT2D eigenvalue weighted by Gasteiger charge is -1.90. The van der Waals surface area contributed by atoms with Crippen molar-refractivity contribution in [2.24, 2.45) is 5.92 Å². The highest BCUT2D eigenvalue weighted by molar-refractivity contribution is 7.80. The van der Waals surface area contributed by atoms with Crippen molar-refractivity contribution in [2.75, 3.05) is 5.75 Å². The second-order valence-corrected chi connectivity index (χ2v) is 1.88. The summed E-state index contributed by atoms with van der Waals surface area (Å²) >= 11 is 9.07. The van der Waals surface area contributed by atoms with Crippen LogP contribution in [0, 0.1) is 17.2 Å². The standard InChI is InChI=1S/C5H7ClS/c1-5(4-7)2-3-6/h5,7H,4H2,1H3. The molecule has 0 nitrogen and oxygen atoms in total. The summed E-state index contributed by atoms with van der Waals surface area (Å²) in [6, 6.07) is 0. The summed E-state index contributed by atoms with van der Waals surface area (Å²) < 4.78 is 0. The summed E-state index contributed by atoms with van der Waals surface area (Å²) in [6.45, 7) is 1.97. The second kappa shape index (κ2) is 4.36. The van der Waals surface area contributed by atoms with Crippen LogP contribution < -0.4 is 0 Å². The minimum absolute atomic E-state index is 0.320. The van der Waals surface area contributed by atoms with Gasteiger partial charge in [0.15, 0.2) is 0 Å². The molecule has 0 bridgehead atoms. The van der Waals surface area contributed by atoms with Crippen LogP contribution >= 0.6 is 24.2 Å². The maximum absolute atomic E-state index is 5.08. The summed E-state index contributed by atoms with van der Waals surface area (Å²) in [4.78, 5) is 0. The van der Waals surface area contributed by atoms with E-state index in [9.17, 15) is 0 Å². The van der Waals surface area contributed by atoms with Crippen LogP contribution in [0.25, 0.3) is 0 Å². The molecule has 0 amide bonds. The highest BCUT2D eigenvalue weighted by Crippen LogP contribution is 1.93. The van der Waals surface area contributed by atoms with E-state index in [1.54, 1.807) is 0 Å². The van der Waals surface area contributed by atoms with Gasteiger partial charge < -0.3 is 0 Å². The van der Waals surface area contributed by atoms with Gasteiger partial charge in [0.05, 0.1) is 0 Å². The Morgan fingerprint density at radius 1 is 1.86 bits per heavy atom. The molecule has 0 aromatic rings. The van der Waals surface area contributed by atoms with Crippen molar-refractivity contribution in [1.29, 1.82) is 0 Å². The molecule has 0 aromatic heterocycles. The predicted molar refractivity (Wildman–Crippen MR) is 36.6 cm³/mol. The molecule has 0 N–H and O–H groups in total. The highest BCUT2D eigenvalue weighted by Gasteiger charge is 1.87. The van der Waals surface area contributed by atoms with Crippen molar-refractivity contribution < 1.29 is 0 Å². The first-order chi connectivity index (χ1) is 3.31. The maximum atomic E-state index is 5.08. The number of thiol groups is 1. The average molecular weight is 135 g/mol. The molecule has 1 unspecified atom stereocenters. The van der Waals surface area contributed by atoms with E-state index in [0.29, 0.717) is 5.92 Å². The van der Waals surface area contributed by atoms with Crippen molar-refractivity contribution in [3.63, 3.8) is 0 Å². The van der Waals surface area contributed by atoms with Gasteiger partial charge in [0.2, 0.25) is 0 Å². The monoisotopic (exact) mass is 134 g/mol. The largest absolute Gasteiger partial charge is 0.178 e. The zero-order valence-electron chi connectivity index (χ0n) is 4.11. The smallest absolute Gasteiger partial charge is 0.0275 e. The quantitative estimate of drug-likeness (QED) is 0.410. The number of halogens is 1. The van der Waals surface area contributed by atoms with Crippen LogP contribution in [0.1, 0.15) is 6.92 Å². The van der Waals surface area contributed by atoms with Gasteiger partial charge in [-0.05, 0) is 11.6 Å². The Labute approximate surface area is 54.7 Å². The fourth-order valence-corrected chi connectivity index (χ4v) is 0.416. The van der Waals surface area contributed by atoms with Crippen molar-refractivity contribution in [3.8, 4) is 11.3 Å². The number of rotatable bonds is 1. The van der Waals surface area contributed by atoms with Gasteiger partial charge >= 0.3 is 0 Å². The fraction of sp³-hybridized carbons (Fsp3) is 0.600. The molecule has 0 aliphatic heterocycles. The van der Waals surface area contributed by atoms with Gasteiger partial charge in [0.25, 0.3) is 0 Å². The Kier molecular flexibility index (Phi) is 4.49. The first-order valence-corrected chi connectivity index (χ1v) is 3.04. The van der Waals surface area contributed by atoms with Crippen molar-refractivity contribution >= 4 is 24.2 Å². The second-order valence-electron chi connectivity index (χ2n) is 1.32. The molecule has 0 spiro atoms. The van der Waals surface area contributed by atoms with E-state index in [1.807, 2.05) is 6.92 Å². The van der Waals surface area contributed by atoms with Crippen LogP contribution in [0.2, 0.25) is 0 Å². The maximum Gasteiger partial charge on any atom is 0.0275 e. The molecule has 0 saturated carbocycles. The molecule has 1 atom stereocenters. The molecular weight excluding hydrogens is 128 g/mol. The summed E-state index contributed by atoms with van der Waals surface area (Å²) in [6.07, 6.45) is 0. The van der Waals surface area contributed by atoms with Crippen LogP contribution in [-0.4, -0.2) is 5.75 Å². The number of hydrogen-bond donors (Lipinski definition) is 1. The van der Waals surface area contributed by atoms with E-state index in [1.165, 1.54) is 0 Å². The van der Waals surface area contributed by atoms with Gasteiger partial charge in [0, 0.05) is 17.1 Å². The lowest BCUT2D eigenvalue weighted by molar-refractivity contribution is 0.887. The predicted octanol–water partition coefficient (Wildman–Crippen LogP) is 1.75. The molecule has 2 heteroatoms. The molecule has 0 aliphatic rings. The van der Waals surface area contributed by atoms with Crippen molar-refractivity contribution in [2.45, 2.75) is 6.92 Å². The minimum atomic E-state index is 0.320. The van der Waals surface area contributed by atoms with Gasteiger partial charge in [-0.25, -0.2) is 0 Å². The molecule has 0 fully saturated rings. The molecular formula is C5H7ClS. The minimum Gasteiger partial charge on any atom is -0.178 e. The van der Waals surface area contributed by atoms with Crippen LogP contribution in [0.3, 0.4) is 0 Å². The molecule has 7 heavy (non-hydrogen) atoms. The van der Waals surface area contributed by atoms with Gasteiger partial charge in [-0.2, -0.15) is 12.6 Å². The number of hydrogen-bond acceptors (Lipinski definition) is 1. The average Bonchev–Trinajstić information content (AvgIpc) is 1.68. The Balaban J connectivity index is 3.29. The molecule has 0 aliphatic carbocycles. The van der Waals surface area contributed by atoms with E-state index in [-0.39, 0.29) is 0 Å². The van der Waals surface area contributed by atoms with Crippen molar-refractivity contribution in [1.82, 2.24) is 0 Å². The van der Waals surface area contributed by atoms with Gasteiger partial charge in [-0.15, -0.1) is 0 Å². The zero-order chi connectivity index (χ0) is 5.70. The first-order valence-electron chi connectivity index (χ1n) is 2.03. The molecule has 0 heterocycles.